The molecule has 0 saturated heterocycles. The van der Waals surface area contributed by atoms with E-state index in [0.29, 0.717) is 23.2 Å². The highest BCUT2D eigenvalue weighted by Gasteiger charge is 2.07. The lowest BCUT2D eigenvalue weighted by Gasteiger charge is -2.09. The van der Waals surface area contributed by atoms with Crippen LogP contribution < -0.4 is 15.2 Å². The van der Waals surface area contributed by atoms with Crippen molar-refractivity contribution in [3.63, 3.8) is 0 Å². The summed E-state index contributed by atoms with van der Waals surface area (Å²) in [4.78, 5) is 8.39. The molecule has 0 aliphatic carbocycles. The number of rotatable bonds is 3. The third kappa shape index (κ3) is 2.68. The van der Waals surface area contributed by atoms with Gasteiger partial charge >= 0.3 is 6.01 Å². The zero-order valence-electron chi connectivity index (χ0n) is 10.6. The Hall–Kier alpha value is -2.30. The van der Waals surface area contributed by atoms with Gasteiger partial charge in [0.1, 0.15) is 5.75 Å². The third-order valence-corrected chi connectivity index (χ3v) is 2.38. The first-order valence-corrected chi connectivity index (χ1v) is 5.52. The molecule has 0 atom stereocenters. The molecule has 94 valence electrons. The van der Waals surface area contributed by atoms with Gasteiger partial charge in [0.15, 0.2) is 5.75 Å². The van der Waals surface area contributed by atoms with Gasteiger partial charge in [0.25, 0.3) is 0 Å². The zero-order valence-corrected chi connectivity index (χ0v) is 10.6. The molecule has 2 aromatic rings. The summed E-state index contributed by atoms with van der Waals surface area (Å²) in [6.07, 6.45) is 0. The van der Waals surface area contributed by atoms with E-state index in [2.05, 4.69) is 9.97 Å². The van der Waals surface area contributed by atoms with Crippen molar-refractivity contribution in [2.24, 2.45) is 0 Å². The second-order valence-electron chi connectivity index (χ2n) is 3.94. The van der Waals surface area contributed by atoms with Crippen molar-refractivity contribution in [2.75, 3.05) is 12.8 Å². The molecular formula is C13H15N3O2. The number of ether oxygens (including phenoxy) is 2. The first kappa shape index (κ1) is 12.2. The first-order chi connectivity index (χ1) is 8.58. The molecule has 0 spiro atoms. The van der Waals surface area contributed by atoms with Crippen LogP contribution in [0.5, 0.6) is 17.5 Å². The molecule has 1 aromatic carbocycles. The molecule has 2 N–H and O–H groups in total. The number of nitrogens with zero attached hydrogens (tertiary/aromatic N) is 2. The van der Waals surface area contributed by atoms with E-state index in [1.165, 1.54) is 0 Å². The second-order valence-corrected chi connectivity index (χ2v) is 3.94. The van der Waals surface area contributed by atoms with Crippen molar-refractivity contribution in [1.29, 1.82) is 0 Å². The average molecular weight is 245 g/mol. The van der Waals surface area contributed by atoms with Gasteiger partial charge in [0.2, 0.25) is 0 Å². The van der Waals surface area contributed by atoms with E-state index in [1.54, 1.807) is 25.3 Å². The van der Waals surface area contributed by atoms with E-state index < -0.39 is 0 Å². The fourth-order valence-electron chi connectivity index (χ4n) is 1.58. The van der Waals surface area contributed by atoms with Gasteiger partial charge in [0, 0.05) is 17.5 Å². The van der Waals surface area contributed by atoms with E-state index in [-0.39, 0.29) is 0 Å². The predicted octanol–water partition coefficient (Wildman–Crippen LogP) is 2.48. The Bertz CT molecular complexity index is 550. The third-order valence-electron chi connectivity index (χ3n) is 2.38. The zero-order chi connectivity index (χ0) is 13.1. The van der Waals surface area contributed by atoms with Gasteiger partial charge in [-0.15, -0.1) is 0 Å². The van der Waals surface area contributed by atoms with Crippen molar-refractivity contribution in [2.45, 2.75) is 13.8 Å². The number of aryl methyl sites for hydroxylation is 2. The quantitative estimate of drug-likeness (QED) is 0.841. The van der Waals surface area contributed by atoms with Crippen LogP contribution in [-0.2, 0) is 0 Å². The average Bonchev–Trinajstić information content (AvgIpc) is 2.30. The standard InChI is InChI=1S/C13H15N3O2/c1-8-6-9(2)16-13(15-8)18-12-5-4-10(17-3)7-11(12)14/h4-7H,14H2,1-3H3. The summed E-state index contributed by atoms with van der Waals surface area (Å²) >= 11 is 0. The van der Waals surface area contributed by atoms with Crippen LogP contribution in [0.1, 0.15) is 11.4 Å². The molecule has 5 nitrogen and oxygen atoms in total. The number of hydrogen-bond donors (Lipinski definition) is 1. The minimum absolute atomic E-state index is 0.296. The maximum Gasteiger partial charge on any atom is 0.322 e. The van der Waals surface area contributed by atoms with E-state index >= 15 is 0 Å². The van der Waals surface area contributed by atoms with Crippen molar-refractivity contribution >= 4 is 5.69 Å². The molecule has 18 heavy (non-hydrogen) atoms. The van der Waals surface area contributed by atoms with Crippen LogP contribution in [-0.4, -0.2) is 17.1 Å². The summed E-state index contributed by atoms with van der Waals surface area (Å²) in [6, 6.07) is 7.37. The maximum absolute atomic E-state index is 5.86. The summed E-state index contributed by atoms with van der Waals surface area (Å²) in [5.74, 6) is 1.20. The van der Waals surface area contributed by atoms with E-state index in [9.17, 15) is 0 Å². The van der Waals surface area contributed by atoms with Crippen molar-refractivity contribution in [1.82, 2.24) is 9.97 Å². The molecule has 0 fully saturated rings. The SMILES string of the molecule is COc1ccc(Oc2nc(C)cc(C)n2)c(N)c1. The smallest absolute Gasteiger partial charge is 0.322 e. The summed E-state index contributed by atoms with van der Waals surface area (Å²) in [5, 5.41) is 0. The Morgan fingerprint density at radius 2 is 1.72 bits per heavy atom. The first-order valence-electron chi connectivity index (χ1n) is 5.52. The largest absolute Gasteiger partial charge is 0.497 e. The molecule has 2 rings (SSSR count). The highest BCUT2D eigenvalue weighted by atomic mass is 16.5. The molecule has 0 radical (unpaired) electrons. The normalized spacial score (nSPS) is 10.2. The van der Waals surface area contributed by atoms with Crippen LogP contribution >= 0.6 is 0 Å². The molecule has 0 bridgehead atoms. The van der Waals surface area contributed by atoms with Crippen LogP contribution in [0.4, 0.5) is 5.69 Å². The summed E-state index contributed by atoms with van der Waals surface area (Å²) < 4.78 is 10.6. The molecule has 1 heterocycles. The van der Waals surface area contributed by atoms with Crippen LogP contribution in [0.25, 0.3) is 0 Å². The summed E-state index contributed by atoms with van der Waals surface area (Å²) in [6.45, 7) is 3.78. The van der Waals surface area contributed by atoms with E-state index in [1.807, 2.05) is 19.9 Å². The van der Waals surface area contributed by atoms with Crippen LogP contribution in [0.3, 0.4) is 0 Å². The van der Waals surface area contributed by atoms with Crippen LogP contribution in [0.15, 0.2) is 24.3 Å². The van der Waals surface area contributed by atoms with Crippen LogP contribution in [0.2, 0.25) is 0 Å². The fourth-order valence-corrected chi connectivity index (χ4v) is 1.58. The predicted molar refractivity (Wildman–Crippen MR) is 69.0 cm³/mol. The van der Waals surface area contributed by atoms with Crippen molar-refractivity contribution < 1.29 is 9.47 Å². The minimum Gasteiger partial charge on any atom is -0.497 e. The highest BCUT2D eigenvalue weighted by molar-refractivity contribution is 5.56. The number of nitrogen functional groups attached to an aromatic ring is 1. The van der Waals surface area contributed by atoms with Gasteiger partial charge < -0.3 is 15.2 Å². The van der Waals surface area contributed by atoms with Gasteiger partial charge in [-0.25, -0.2) is 9.97 Å². The lowest BCUT2D eigenvalue weighted by Crippen LogP contribution is -1.98. The number of anilines is 1. The Labute approximate surface area is 106 Å². The minimum atomic E-state index is 0.296. The van der Waals surface area contributed by atoms with E-state index in [0.717, 1.165) is 11.4 Å². The monoisotopic (exact) mass is 245 g/mol. The summed E-state index contributed by atoms with van der Waals surface area (Å²) in [7, 11) is 1.59. The summed E-state index contributed by atoms with van der Waals surface area (Å²) in [5.41, 5.74) is 8.05. The number of methoxy groups -OCH3 is 1. The molecule has 5 heteroatoms. The maximum atomic E-state index is 5.86. The fraction of sp³-hybridized carbons (Fsp3) is 0.231. The molecular weight excluding hydrogens is 230 g/mol. The number of hydrogen-bond acceptors (Lipinski definition) is 5. The molecule has 0 aliphatic heterocycles. The second kappa shape index (κ2) is 4.91. The lowest BCUT2D eigenvalue weighted by atomic mass is 10.3. The molecule has 1 aromatic heterocycles. The highest BCUT2D eigenvalue weighted by Crippen LogP contribution is 2.29. The number of aromatic nitrogens is 2. The molecule has 0 amide bonds. The Kier molecular flexibility index (Phi) is 3.32. The van der Waals surface area contributed by atoms with Crippen molar-refractivity contribution in [3.8, 4) is 17.5 Å². The van der Waals surface area contributed by atoms with Gasteiger partial charge in [-0.3, -0.25) is 0 Å². The Morgan fingerprint density at radius 1 is 1.06 bits per heavy atom. The molecule has 0 saturated carbocycles. The molecule has 0 unspecified atom stereocenters. The van der Waals surface area contributed by atoms with Crippen LogP contribution in [0, 0.1) is 13.8 Å². The molecule has 0 aliphatic rings. The number of nitrogens with two attached hydrogens (primary N) is 1. The Balaban J connectivity index is 2.28. The lowest BCUT2D eigenvalue weighted by molar-refractivity contribution is 0.411. The van der Waals surface area contributed by atoms with Gasteiger partial charge in [-0.05, 0) is 32.0 Å². The van der Waals surface area contributed by atoms with Gasteiger partial charge in [0.05, 0.1) is 12.8 Å². The number of benzene rings is 1. The Morgan fingerprint density at radius 3 is 2.28 bits per heavy atom. The van der Waals surface area contributed by atoms with E-state index in [4.69, 9.17) is 15.2 Å². The van der Waals surface area contributed by atoms with Crippen molar-refractivity contribution in [3.05, 3.63) is 35.7 Å². The van der Waals surface area contributed by atoms with Gasteiger partial charge in [-0.2, -0.15) is 0 Å². The topological polar surface area (TPSA) is 70.3 Å². The van der Waals surface area contributed by atoms with Gasteiger partial charge in [-0.1, -0.05) is 0 Å².